The molecular formula is C14H21N3O4S. The summed E-state index contributed by atoms with van der Waals surface area (Å²) in [6.07, 6.45) is 5.66. The average Bonchev–Trinajstić information content (AvgIpc) is 2.52. The molecule has 7 nitrogen and oxygen atoms in total. The summed E-state index contributed by atoms with van der Waals surface area (Å²) < 4.78 is 30.6. The van der Waals surface area contributed by atoms with E-state index in [4.69, 9.17) is 4.74 Å². The lowest BCUT2D eigenvalue weighted by molar-refractivity contribution is 0.0585. The standard InChI is InChI=1S/C14H21N3O4S/c1-22(19,20)17(13-4-10-21-11-5-13)9-8-16-14(18)12-2-6-15-7-3-12/h2-3,6-7,13H,4-5,8-11H2,1H3,(H,16,18). The molecule has 1 aliphatic rings. The number of carbonyl (C=O) groups is 1. The predicted octanol–water partition coefficient (Wildman–Crippen LogP) is 0.252. The number of nitrogens with one attached hydrogen (secondary N) is 1. The first-order chi connectivity index (χ1) is 10.5. The Balaban J connectivity index is 1.90. The van der Waals surface area contributed by atoms with Gasteiger partial charge < -0.3 is 10.1 Å². The molecular weight excluding hydrogens is 306 g/mol. The number of sulfonamides is 1. The van der Waals surface area contributed by atoms with E-state index in [1.54, 1.807) is 24.5 Å². The third-order valence-electron chi connectivity index (χ3n) is 3.58. The van der Waals surface area contributed by atoms with Gasteiger partial charge >= 0.3 is 0 Å². The minimum Gasteiger partial charge on any atom is -0.381 e. The second-order valence-electron chi connectivity index (χ2n) is 5.21. The molecule has 22 heavy (non-hydrogen) atoms. The van der Waals surface area contributed by atoms with Crippen LogP contribution in [0.1, 0.15) is 23.2 Å². The van der Waals surface area contributed by atoms with Crippen LogP contribution in [0.3, 0.4) is 0 Å². The summed E-state index contributed by atoms with van der Waals surface area (Å²) in [7, 11) is -3.31. The summed E-state index contributed by atoms with van der Waals surface area (Å²) in [5, 5.41) is 2.74. The van der Waals surface area contributed by atoms with E-state index in [9.17, 15) is 13.2 Å². The van der Waals surface area contributed by atoms with Crippen LogP contribution in [0.4, 0.5) is 0 Å². The molecule has 1 aromatic rings. The molecule has 0 spiro atoms. The van der Waals surface area contributed by atoms with Gasteiger partial charge in [0, 0.05) is 50.3 Å². The molecule has 0 bridgehead atoms. The van der Waals surface area contributed by atoms with Crippen LogP contribution in [0.15, 0.2) is 24.5 Å². The van der Waals surface area contributed by atoms with Gasteiger partial charge in [0.05, 0.1) is 6.26 Å². The van der Waals surface area contributed by atoms with Gasteiger partial charge in [-0.25, -0.2) is 8.42 Å². The normalized spacial score (nSPS) is 16.6. The number of carbonyl (C=O) groups excluding carboxylic acids is 1. The fourth-order valence-electron chi connectivity index (χ4n) is 2.48. The highest BCUT2D eigenvalue weighted by atomic mass is 32.2. The molecule has 122 valence electrons. The second-order valence-corrected chi connectivity index (χ2v) is 7.14. The molecule has 1 aromatic heterocycles. The maximum Gasteiger partial charge on any atom is 0.251 e. The van der Waals surface area contributed by atoms with Crippen molar-refractivity contribution < 1.29 is 17.9 Å². The van der Waals surface area contributed by atoms with E-state index < -0.39 is 10.0 Å². The Morgan fingerprint density at radius 3 is 2.59 bits per heavy atom. The number of ether oxygens (including phenoxy) is 1. The predicted molar refractivity (Wildman–Crippen MR) is 82.0 cm³/mol. The van der Waals surface area contributed by atoms with Crippen molar-refractivity contribution in [2.75, 3.05) is 32.6 Å². The molecule has 1 aliphatic heterocycles. The van der Waals surface area contributed by atoms with E-state index in [-0.39, 0.29) is 25.0 Å². The molecule has 1 N–H and O–H groups in total. The van der Waals surface area contributed by atoms with Crippen LogP contribution in [-0.2, 0) is 14.8 Å². The van der Waals surface area contributed by atoms with Crippen molar-refractivity contribution in [3.8, 4) is 0 Å². The number of nitrogens with zero attached hydrogens (tertiary/aromatic N) is 2. The molecule has 0 atom stereocenters. The summed E-state index contributed by atoms with van der Waals surface area (Å²) in [6.45, 7) is 1.67. The van der Waals surface area contributed by atoms with Gasteiger partial charge in [0.1, 0.15) is 0 Å². The van der Waals surface area contributed by atoms with E-state index in [0.717, 1.165) is 0 Å². The number of rotatable bonds is 6. The van der Waals surface area contributed by atoms with Crippen LogP contribution in [0.5, 0.6) is 0 Å². The van der Waals surface area contributed by atoms with Gasteiger partial charge in [-0.05, 0) is 25.0 Å². The van der Waals surface area contributed by atoms with Gasteiger partial charge in [-0.2, -0.15) is 4.31 Å². The van der Waals surface area contributed by atoms with Crippen LogP contribution in [-0.4, -0.2) is 62.2 Å². The SMILES string of the molecule is CS(=O)(=O)N(CCNC(=O)c1ccncc1)C1CCOCC1. The summed E-state index contributed by atoms with van der Waals surface area (Å²) in [5.74, 6) is -0.233. The Labute approximate surface area is 130 Å². The highest BCUT2D eigenvalue weighted by Gasteiger charge is 2.28. The van der Waals surface area contributed by atoms with Crippen LogP contribution >= 0.6 is 0 Å². The number of amides is 1. The first-order valence-corrected chi connectivity index (χ1v) is 9.06. The largest absolute Gasteiger partial charge is 0.381 e. The zero-order valence-corrected chi connectivity index (χ0v) is 13.4. The summed E-state index contributed by atoms with van der Waals surface area (Å²) in [4.78, 5) is 15.8. The molecule has 0 saturated carbocycles. The fraction of sp³-hybridized carbons (Fsp3) is 0.571. The zero-order chi connectivity index (χ0) is 16.0. The zero-order valence-electron chi connectivity index (χ0n) is 12.6. The molecule has 0 unspecified atom stereocenters. The summed E-state index contributed by atoms with van der Waals surface area (Å²) in [6, 6.07) is 3.17. The first-order valence-electron chi connectivity index (χ1n) is 7.21. The van der Waals surface area contributed by atoms with Crippen molar-refractivity contribution >= 4 is 15.9 Å². The van der Waals surface area contributed by atoms with Gasteiger partial charge in [-0.1, -0.05) is 0 Å². The Hall–Kier alpha value is -1.51. The molecule has 2 rings (SSSR count). The third-order valence-corrected chi connectivity index (χ3v) is 4.92. The number of aromatic nitrogens is 1. The molecule has 2 heterocycles. The fourth-order valence-corrected chi connectivity index (χ4v) is 3.65. The van der Waals surface area contributed by atoms with E-state index in [2.05, 4.69) is 10.3 Å². The number of pyridine rings is 1. The van der Waals surface area contributed by atoms with Gasteiger partial charge in [-0.15, -0.1) is 0 Å². The van der Waals surface area contributed by atoms with E-state index in [1.165, 1.54) is 10.6 Å². The Bertz CT molecular complexity index is 585. The molecule has 0 radical (unpaired) electrons. The van der Waals surface area contributed by atoms with Gasteiger partial charge in [-0.3, -0.25) is 9.78 Å². The van der Waals surface area contributed by atoms with Crippen molar-refractivity contribution in [3.63, 3.8) is 0 Å². The second kappa shape index (κ2) is 7.66. The average molecular weight is 327 g/mol. The van der Waals surface area contributed by atoms with Gasteiger partial charge in [0.25, 0.3) is 5.91 Å². The lowest BCUT2D eigenvalue weighted by atomic mass is 10.1. The summed E-state index contributed by atoms with van der Waals surface area (Å²) in [5.41, 5.74) is 0.506. The third kappa shape index (κ3) is 4.75. The minimum absolute atomic E-state index is 0.0541. The highest BCUT2D eigenvalue weighted by molar-refractivity contribution is 7.88. The monoisotopic (exact) mass is 327 g/mol. The molecule has 1 amide bonds. The minimum atomic E-state index is -3.31. The molecule has 0 aromatic carbocycles. The van der Waals surface area contributed by atoms with E-state index in [1.807, 2.05) is 0 Å². The van der Waals surface area contributed by atoms with E-state index in [0.29, 0.717) is 31.6 Å². The highest BCUT2D eigenvalue weighted by Crippen LogP contribution is 2.16. The van der Waals surface area contributed by atoms with Crippen LogP contribution in [0.2, 0.25) is 0 Å². The van der Waals surface area contributed by atoms with Crippen LogP contribution < -0.4 is 5.32 Å². The van der Waals surface area contributed by atoms with E-state index >= 15 is 0 Å². The molecule has 8 heteroatoms. The van der Waals surface area contributed by atoms with Crippen molar-refractivity contribution in [2.45, 2.75) is 18.9 Å². The smallest absolute Gasteiger partial charge is 0.251 e. The maximum atomic E-state index is 11.9. The Morgan fingerprint density at radius 2 is 2.00 bits per heavy atom. The molecule has 1 saturated heterocycles. The summed E-state index contributed by atoms with van der Waals surface area (Å²) >= 11 is 0. The van der Waals surface area contributed by atoms with Crippen molar-refractivity contribution in [1.82, 2.24) is 14.6 Å². The Kier molecular flexibility index (Phi) is 5.87. The van der Waals surface area contributed by atoms with Gasteiger partial charge in [0.2, 0.25) is 10.0 Å². The lowest BCUT2D eigenvalue weighted by Gasteiger charge is -2.32. The number of hydrogen-bond acceptors (Lipinski definition) is 5. The Morgan fingerprint density at radius 1 is 1.36 bits per heavy atom. The van der Waals surface area contributed by atoms with Crippen molar-refractivity contribution in [3.05, 3.63) is 30.1 Å². The van der Waals surface area contributed by atoms with Crippen molar-refractivity contribution in [1.29, 1.82) is 0 Å². The maximum absolute atomic E-state index is 11.9. The first kappa shape index (κ1) is 16.9. The van der Waals surface area contributed by atoms with Crippen molar-refractivity contribution in [2.24, 2.45) is 0 Å². The van der Waals surface area contributed by atoms with Crippen LogP contribution in [0, 0.1) is 0 Å². The molecule has 0 aliphatic carbocycles. The lowest BCUT2D eigenvalue weighted by Crippen LogP contribution is -2.46. The quantitative estimate of drug-likeness (QED) is 0.809. The van der Waals surface area contributed by atoms with Gasteiger partial charge in [0.15, 0.2) is 0 Å². The van der Waals surface area contributed by atoms with Crippen LogP contribution in [0.25, 0.3) is 0 Å². The number of hydrogen-bond donors (Lipinski definition) is 1. The molecule has 1 fully saturated rings. The topological polar surface area (TPSA) is 88.6 Å².